The Morgan fingerprint density at radius 2 is 2.15 bits per heavy atom. The zero-order valence-corrected chi connectivity index (χ0v) is 12.0. The molecule has 1 amide bonds. The number of nitrogens with zero attached hydrogens (tertiary/aromatic N) is 1. The molecule has 1 aromatic heterocycles. The predicted octanol–water partition coefficient (Wildman–Crippen LogP) is 3.32. The van der Waals surface area contributed by atoms with Crippen molar-refractivity contribution < 1.29 is 9.53 Å². The lowest BCUT2D eigenvalue weighted by atomic mass is 10.1. The molecule has 0 spiro atoms. The first-order chi connectivity index (χ1) is 9.84. The zero-order valence-electron chi connectivity index (χ0n) is 11.2. The van der Waals surface area contributed by atoms with Crippen LogP contribution in [0.1, 0.15) is 12.0 Å². The van der Waals surface area contributed by atoms with Gasteiger partial charge in [0.05, 0.1) is 19.1 Å². The Labute approximate surface area is 122 Å². The van der Waals surface area contributed by atoms with Crippen molar-refractivity contribution >= 4 is 22.9 Å². The van der Waals surface area contributed by atoms with E-state index in [0.717, 1.165) is 12.1 Å². The van der Waals surface area contributed by atoms with Crippen molar-refractivity contribution in [2.24, 2.45) is 5.92 Å². The SMILES string of the molecule is O=C(C1CCOC1)N(Cc1ccsc1)c1ccccc1. The van der Waals surface area contributed by atoms with Crippen molar-refractivity contribution in [2.45, 2.75) is 13.0 Å². The van der Waals surface area contributed by atoms with Crippen LogP contribution in [0.3, 0.4) is 0 Å². The summed E-state index contributed by atoms with van der Waals surface area (Å²) in [5.41, 5.74) is 2.13. The highest BCUT2D eigenvalue weighted by molar-refractivity contribution is 7.07. The molecule has 1 aromatic carbocycles. The number of benzene rings is 1. The van der Waals surface area contributed by atoms with Gasteiger partial charge in [-0.2, -0.15) is 11.3 Å². The summed E-state index contributed by atoms with van der Waals surface area (Å²) in [6, 6.07) is 11.9. The molecule has 2 heterocycles. The van der Waals surface area contributed by atoms with Crippen molar-refractivity contribution in [3.8, 4) is 0 Å². The van der Waals surface area contributed by atoms with Crippen molar-refractivity contribution in [2.75, 3.05) is 18.1 Å². The van der Waals surface area contributed by atoms with E-state index in [1.165, 1.54) is 5.56 Å². The molecule has 1 aliphatic heterocycles. The molecule has 1 saturated heterocycles. The molecule has 1 unspecified atom stereocenters. The maximum absolute atomic E-state index is 12.7. The number of carbonyl (C=O) groups excluding carboxylic acids is 1. The molecule has 0 aliphatic carbocycles. The number of amides is 1. The smallest absolute Gasteiger partial charge is 0.232 e. The standard InChI is InChI=1S/C16H17NO2S/c18-16(14-6-8-19-11-14)17(10-13-7-9-20-12-13)15-4-2-1-3-5-15/h1-5,7,9,12,14H,6,8,10-11H2. The third-order valence-electron chi connectivity index (χ3n) is 3.53. The van der Waals surface area contributed by atoms with E-state index in [0.29, 0.717) is 19.8 Å². The first-order valence-corrected chi connectivity index (χ1v) is 7.74. The fourth-order valence-electron chi connectivity index (χ4n) is 2.42. The maximum Gasteiger partial charge on any atom is 0.232 e. The highest BCUT2D eigenvalue weighted by atomic mass is 32.1. The normalized spacial score (nSPS) is 18.1. The van der Waals surface area contributed by atoms with Crippen LogP contribution in [0.5, 0.6) is 0 Å². The van der Waals surface area contributed by atoms with E-state index >= 15 is 0 Å². The largest absolute Gasteiger partial charge is 0.381 e. The maximum atomic E-state index is 12.7. The highest BCUT2D eigenvalue weighted by Gasteiger charge is 2.28. The molecule has 104 valence electrons. The summed E-state index contributed by atoms with van der Waals surface area (Å²) in [5.74, 6) is 0.161. The van der Waals surface area contributed by atoms with Crippen LogP contribution in [0, 0.1) is 5.92 Å². The Kier molecular flexibility index (Phi) is 4.14. The minimum atomic E-state index is -0.00570. The average molecular weight is 287 g/mol. The lowest BCUT2D eigenvalue weighted by Crippen LogP contribution is -2.36. The number of hydrogen-bond donors (Lipinski definition) is 0. The zero-order chi connectivity index (χ0) is 13.8. The second kappa shape index (κ2) is 6.20. The van der Waals surface area contributed by atoms with E-state index in [1.807, 2.05) is 40.6 Å². The number of rotatable bonds is 4. The minimum absolute atomic E-state index is 0.00570. The quantitative estimate of drug-likeness (QED) is 0.863. The van der Waals surface area contributed by atoms with Gasteiger partial charge in [-0.25, -0.2) is 0 Å². The summed E-state index contributed by atoms with van der Waals surface area (Å²) in [4.78, 5) is 14.6. The molecule has 1 aliphatic rings. The minimum Gasteiger partial charge on any atom is -0.381 e. The van der Waals surface area contributed by atoms with Gasteiger partial charge in [0.25, 0.3) is 0 Å². The number of hydrogen-bond acceptors (Lipinski definition) is 3. The van der Waals surface area contributed by atoms with E-state index in [-0.39, 0.29) is 11.8 Å². The summed E-state index contributed by atoms with van der Waals surface area (Å²) < 4.78 is 5.35. The molecule has 3 rings (SSSR count). The van der Waals surface area contributed by atoms with Crippen LogP contribution in [0.4, 0.5) is 5.69 Å². The lowest BCUT2D eigenvalue weighted by molar-refractivity contribution is -0.122. The van der Waals surface area contributed by atoms with Crippen LogP contribution in [0.15, 0.2) is 47.2 Å². The molecule has 0 saturated carbocycles. The average Bonchev–Trinajstić information content (AvgIpc) is 3.18. The van der Waals surface area contributed by atoms with Crippen LogP contribution in [0.25, 0.3) is 0 Å². The third-order valence-corrected chi connectivity index (χ3v) is 4.27. The molecule has 20 heavy (non-hydrogen) atoms. The van der Waals surface area contributed by atoms with Crippen molar-refractivity contribution in [1.82, 2.24) is 0 Å². The molecule has 2 aromatic rings. The summed E-state index contributed by atoms with van der Waals surface area (Å²) in [5, 5.41) is 4.13. The third kappa shape index (κ3) is 2.92. The first kappa shape index (κ1) is 13.3. The predicted molar refractivity (Wildman–Crippen MR) is 80.9 cm³/mol. The van der Waals surface area contributed by atoms with Gasteiger partial charge >= 0.3 is 0 Å². The molecule has 1 atom stereocenters. The van der Waals surface area contributed by atoms with Crippen LogP contribution in [0.2, 0.25) is 0 Å². The molecule has 3 nitrogen and oxygen atoms in total. The topological polar surface area (TPSA) is 29.5 Å². The van der Waals surface area contributed by atoms with Gasteiger partial charge in [-0.3, -0.25) is 4.79 Å². The first-order valence-electron chi connectivity index (χ1n) is 6.80. The summed E-state index contributed by atoms with van der Waals surface area (Å²) in [6.45, 7) is 1.87. The molecular weight excluding hydrogens is 270 g/mol. The molecule has 1 fully saturated rings. The Bertz CT molecular complexity index is 547. The summed E-state index contributed by atoms with van der Waals surface area (Å²) >= 11 is 1.66. The van der Waals surface area contributed by atoms with Gasteiger partial charge in [0.2, 0.25) is 5.91 Å². The van der Waals surface area contributed by atoms with Crippen LogP contribution < -0.4 is 4.90 Å². The number of ether oxygens (including phenoxy) is 1. The van der Waals surface area contributed by atoms with E-state index in [4.69, 9.17) is 4.74 Å². The van der Waals surface area contributed by atoms with Gasteiger partial charge in [0.1, 0.15) is 0 Å². The highest BCUT2D eigenvalue weighted by Crippen LogP contribution is 2.23. The van der Waals surface area contributed by atoms with Crippen molar-refractivity contribution in [3.05, 3.63) is 52.7 Å². The Balaban J connectivity index is 1.84. The van der Waals surface area contributed by atoms with Gasteiger partial charge in [-0.1, -0.05) is 18.2 Å². The van der Waals surface area contributed by atoms with Gasteiger partial charge < -0.3 is 9.64 Å². The lowest BCUT2D eigenvalue weighted by Gasteiger charge is -2.25. The van der Waals surface area contributed by atoms with Crippen LogP contribution in [-0.4, -0.2) is 19.1 Å². The number of anilines is 1. The molecule has 0 bridgehead atoms. The Morgan fingerprint density at radius 3 is 2.80 bits per heavy atom. The monoisotopic (exact) mass is 287 g/mol. The van der Waals surface area contributed by atoms with Gasteiger partial charge in [-0.05, 0) is 40.9 Å². The van der Waals surface area contributed by atoms with E-state index in [9.17, 15) is 4.79 Å². The molecule has 4 heteroatoms. The Hall–Kier alpha value is -1.65. The number of carbonyl (C=O) groups is 1. The van der Waals surface area contributed by atoms with Crippen LogP contribution >= 0.6 is 11.3 Å². The fourth-order valence-corrected chi connectivity index (χ4v) is 3.08. The second-order valence-electron chi connectivity index (χ2n) is 4.95. The van der Waals surface area contributed by atoms with Gasteiger partial charge in [0.15, 0.2) is 0 Å². The number of thiophene rings is 1. The number of para-hydroxylation sites is 1. The van der Waals surface area contributed by atoms with E-state index in [2.05, 4.69) is 11.4 Å². The fraction of sp³-hybridized carbons (Fsp3) is 0.312. The van der Waals surface area contributed by atoms with Crippen molar-refractivity contribution in [3.63, 3.8) is 0 Å². The summed E-state index contributed by atoms with van der Waals surface area (Å²) in [6.07, 6.45) is 0.825. The Morgan fingerprint density at radius 1 is 1.30 bits per heavy atom. The van der Waals surface area contributed by atoms with E-state index in [1.54, 1.807) is 11.3 Å². The summed E-state index contributed by atoms with van der Waals surface area (Å²) in [7, 11) is 0. The van der Waals surface area contributed by atoms with E-state index < -0.39 is 0 Å². The van der Waals surface area contributed by atoms with Crippen LogP contribution in [-0.2, 0) is 16.1 Å². The second-order valence-corrected chi connectivity index (χ2v) is 5.73. The van der Waals surface area contributed by atoms with Gasteiger partial charge in [0, 0.05) is 12.3 Å². The molecule has 0 radical (unpaired) electrons. The molecular formula is C16H17NO2S. The molecule has 0 N–H and O–H groups in total. The van der Waals surface area contributed by atoms with Crippen molar-refractivity contribution in [1.29, 1.82) is 0 Å². The van der Waals surface area contributed by atoms with Gasteiger partial charge in [-0.15, -0.1) is 0 Å².